The van der Waals surface area contributed by atoms with Gasteiger partial charge in [0, 0.05) is 12.2 Å². The molecule has 0 fully saturated rings. The number of tetrazole rings is 1. The van der Waals surface area contributed by atoms with Crippen molar-refractivity contribution in [3.8, 4) is 5.75 Å². The fourth-order valence-electron chi connectivity index (χ4n) is 4.64. The number of hydrogen-bond acceptors (Lipinski definition) is 5. The van der Waals surface area contributed by atoms with Crippen molar-refractivity contribution in [2.75, 3.05) is 11.4 Å². The van der Waals surface area contributed by atoms with Crippen LogP contribution >= 0.6 is 0 Å². The predicted octanol–water partition coefficient (Wildman–Crippen LogP) is 4.55. The fraction of sp³-hybridized carbons (Fsp3) is 0.192. The average molecular weight is 442 g/mol. The molecule has 0 bridgehead atoms. The first-order valence-electron chi connectivity index (χ1n) is 10.8. The van der Waals surface area contributed by atoms with Crippen LogP contribution in [0.1, 0.15) is 35.0 Å². The van der Waals surface area contributed by atoms with Crippen LogP contribution in [0.5, 0.6) is 5.75 Å². The fourth-order valence-corrected chi connectivity index (χ4v) is 4.64. The molecule has 6 nitrogen and oxygen atoms in total. The highest BCUT2D eigenvalue weighted by Crippen LogP contribution is 2.44. The van der Waals surface area contributed by atoms with Crippen molar-refractivity contribution in [2.45, 2.75) is 18.9 Å². The second-order valence-corrected chi connectivity index (χ2v) is 8.38. The molecule has 0 saturated carbocycles. The Balaban J connectivity index is 1.55. The molecule has 3 aromatic carbocycles. The van der Waals surface area contributed by atoms with E-state index in [4.69, 9.17) is 0 Å². The van der Waals surface area contributed by atoms with Crippen LogP contribution in [-0.2, 0) is 19.0 Å². The zero-order valence-electron chi connectivity index (χ0n) is 18.5. The third-order valence-corrected chi connectivity index (χ3v) is 6.32. The van der Waals surface area contributed by atoms with Gasteiger partial charge in [-0.15, -0.1) is 10.2 Å². The number of phenolic OH excluding ortho intramolecular Hbond substituents is 1. The maximum atomic E-state index is 13.6. The maximum absolute atomic E-state index is 13.6. The highest BCUT2D eigenvalue weighted by molar-refractivity contribution is 5.67. The number of fused-ring (bicyclic) bond motifs is 1. The molecule has 0 amide bonds. The minimum Gasteiger partial charge on any atom is -0.508 e. The van der Waals surface area contributed by atoms with Gasteiger partial charge in [-0.1, -0.05) is 36.4 Å². The molecule has 1 atom stereocenters. The lowest BCUT2D eigenvalue weighted by molar-refractivity contribution is 0.463. The van der Waals surface area contributed by atoms with Crippen LogP contribution in [0.4, 0.5) is 10.1 Å². The summed E-state index contributed by atoms with van der Waals surface area (Å²) in [4.78, 5) is 3.73. The summed E-state index contributed by atoms with van der Waals surface area (Å²) in [6.45, 7) is 2.93. The standard InChI is InChI=1S/C26H24FN5O/c1-26(20-6-3-18(4-7-20)5-14-25-28-30-31(2)29-25)24-13-12-23(33)17-19(24)15-16-32(26)22-10-8-21(27)9-11-22/h3-14,17,33H,15-16H2,1-2H3. The highest BCUT2D eigenvalue weighted by atomic mass is 19.1. The highest BCUT2D eigenvalue weighted by Gasteiger charge is 2.40. The Bertz CT molecular complexity index is 1310. The normalized spacial score (nSPS) is 18.0. The number of nitrogens with zero attached hydrogens (tertiary/aromatic N) is 5. The summed E-state index contributed by atoms with van der Waals surface area (Å²) < 4.78 is 13.6. The molecule has 5 rings (SSSR count). The number of rotatable bonds is 4. The number of benzene rings is 3. The number of aromatic hydroxyl groups is 1. The van der Waals surface area contributed by atoms with Crippen LogP contribution < -0.4 is 4.90 Å². The lowest BCUT2D eigenvalue weighted by Gasteiger charge is -2.48. The van der Waals surface area contributed by atoms with E-state index in [9.17, 15) is 9.50 Å². The Morgan fingerprint density at radius 3 is 2.45 bits per heavy atom. The minimum absolute atomic E-state index is 0.253. The lowest BCUT2D eigenvalue weighted by Crippen LogP contribution is -2.49. The smallest absolute Gasteiger partial charge is 0.197 e. The largest absolute Gasteiger partial charge is 0.508 e. The molecule has 0 radical (unpaired) electrons. The molecule has 1 aromatic heterocycles. The first-order valence-corrected chi connectivity index (χ1v) is 10.8. The number of anilines is 1. The van der Waals surface area contributed by atoms with Crippen LogP contribution in [0.3, 0.4) is 0 Å². The van der Waals surface area contributed by atoms with Crippen molar-refractivity contribution in [3.05, 3.63) is 101 Å². The molecule has 0 spiro atoms. The van der Waals surface area contributed by atoms with E-state index >= 15 is 0 Å². The van der Waals surface area contributed by atoms with E-state index < -0.39 is 5.54 Å². The lowest BCUT2D eigenvalue weighted by atomic mass is 9.76. The number of halogens is 1. The Labute approximate surface area is 191 Å². The van der Waals surface area contributed by atoms with Gasteiger partial charge in [0.1, 0.15) is 11.6 Å². The van der Waals surface area contributed by atoms with E-state index in [0.717, 1.165) is 40.9 Å². The third kappa shape index (κ3) is 3.86. The molecule has 1 aliphatic rings. The van der Waals surface area contributed by atoms with Crippen molar-refractivity contribution in [1.82, 2.24) is 20.2 Å². The Hall–Kier alpha value is -4.00. The average Bonchev–Trinajstić information content (AvgIpc) is 3.24. The summed E-state index contributed by atoms with van der Waals surface area (Å²) in [6, 6.07) is 20.6. The second-order valence-electron chi connectivity index (χ2n) is 8.38. The van der Waals surface area contributed by atoms with Gasteiger partial charge in [-0.3, -0.25) is 0 Å². The SMILES string of the molecule is Cn1nnc(C=Cc2ccc(C3(C)c4ccc(O)cc4CCN3c3ccc(F)cc3)cc2)n1. The molecule has 7 heteroatoms. The summed E-state index contributed by atoms with van der Waals surface area (Å²) in [5.74, 6) is 0.568. The van der Waals surface area contributed by atoms with Crippen LogP contribution in [0.2, 0.25) is 0 Å². The Kier molecular flexibility index (Phi) is 5.17. The van der Waals surface area contributed by atoms with Crippen LogP contribution in [0, 0.1) is 5.82 Å². The molecule has 1 N–H and O–H groups in total. The molecular weight excluding hydrogens is 417 g/mol. The topological polar surface area (TPSA) is 67.1 Å². The zero-order valence-corrected chi connectivity index (χ0v) is 18.5. The van der Waals surface area contributed by atoms with Gasteiger partial charge < -0.3 is 10.0 Å². The number of aromatic nitrogens is 4. The molecule has 166 valence electrons. The minimum atomic E-state index is -0.492. The van der Waals surface area contributed by atoms with Gasteiger partial charge in [-0.25, -0.2) is 4.39 Å². The summed E-state index contributed by atoms with van der Waals surface area (Å²) in [6.07, 6.45) is 4.57. The van der Waals surface area contributed by atoms with Gasteiger partial charge in [0.15, 0.2) is 5.82 Å². The van der Waals surface area contributed by atoms with E-state index in [2.05, 4.69) is 51.5 Å². The van der Waals surface area contributed by atoms with Crippen molar-refractivity contribution < 1.29 is 9.50 Å². The quantitative estimate of drug-likeness (QED) is 0.503. The predicted molar refractivity (Wildman–Crippen MR) is 126 cm³/mol. The van der Waals surface area contributed by atoms with Gasteiger partial charge in [-0.05, 0) is 83.3 Å². The van der Waals surface area contributed by atoms with Crippen molar-refractivity contribution in [3.63, 3.8) is 0 Å². The van der Waals surface area contributed by atoms with E-state index in [-0.39, 0.29) is 11.6 Å². The molecule has 0 saturated heterocycles. The van der Waals surface area contributed by atoms with Crippen LogP contribution in [0.15, 0.2) is 66.7 Å². The molecule has 0 aliphatic carbocycles. The van der Waals surface area contributed by atoms with Crippen molar-refractivity contribution >= 4 is 17.8 Å². The molecule has 4 aromatic rings. The van der Waals surface area contributed by atoms with Gasteiger partial charge in [0.25, 0.3) is 0 Å². The van der Waals surface area contributed by atoms with E-state index in [1.165, 1.54) is 16.9 Å². The molecule has 2 heterocycles. The van der Waals surface area contributed by atoms with E-state index in [1.807, 2.05) is 36.4 Å². The molecule has 1 aliphatic heterocycles. The summed E-state index contributed by atoms with van der Waals surface area (Å²) in [5, 5.41) is 22.0. The zero-order chi connectivity index (χ0) is 23.0. The summed E-state index contributed by atoms with van der Waals surface area (Å²) in [7, 11) is 1.73. The van der Waals surface area contributed by atoms with Gasteiger partial charge >= 0.3 is 0 Å². The summed E-state index contributed by atoms with van der Waals surface area (Å²) in [5.41, 5.74) is 4.83. The number of aryl methyl sites for hydroxylation is 1. The van der Waals surface area contributed by atoms with Crippen LogP contribution in [-0.4, -0.2) is 31.9 Å². The molecule has 1 unspecified atom stereocenters. The van der Waals surface area contributed by atoms with Crippen molar-refractivity contribution in [1.29, 1.82) is 0 Å². The monoisotopic (exact) mass is 441 g/mol. The molecular formula is C26H24FN5O. The number of hydrogen-bond donors (Lipinski definition) is 1. The van der Waals surface area contributed by atoms with Gasteiger partial charge in [0.2, 0.25) is 0 Å². The van der Waals surface area contributed by atoms with E-state index in [0.29, 0.717) is 5.82 Å². The Morgan fingerprint density at radius 1 is 1.00 bits per heavy atom. The molecule has 33 heavy (non-hydrogen) atoms. The third-order valence-electron chi connectivity index (χ3n) is 6.32. The second kappa shape index (κ2) is 8.16. The van der Waals surface area contributed by atoms with Crippen molar-refractivity contribution in [2.24, 2.45) is 7.05 Å². The maximum Gasteiger partial charge on any atom is 0.197 e. The first-order chi connectivity index (χ1) is 15.9. The summed E-state index contributed by atoms with van der Waals surface area (Å²) >= 11 is 0. The first kappa shape index (κ1) is 20.9. The van der Waals surface area contributed by atoms with Crippen LogP contribution in [0.25, 0.3) is 12.2 Å². The van der Waals surface area contributed by atoms with E-state index in [1.54, 1.807) is 13.1 Å². The van der Waals surface area contributed by atoms with Gasteiger partial charge in [0.05, 0.1) is 12.6 Å². The number of phenols is 1. The van der Waals surface area contributed by atoms with Gasteiger partial charge in [-0.2, -0.15) is 4.80 Å². The Morgan fingerprint density at radius 2 is 1.76 bits per heavy atom.